The molecule has 0 atom stereocenters. The van der Waals surface area contributed by atoms with E-state index in [9.17, 15) is 4.79 Å². The molecule has 0 aliphatic carbocycles. The number of hydrogen-bond acceptors (Lipinski definition) is 4. The maximum absolute atomic E-state index is 11.7. The van der Waals surface area contributed by atoms with Gasteiger partial charge in [-0.25, -0.2) is 4.79 Å². The Morgan fingerprint density at radius 2 is 2.05 bits per heavy atom. The Labute approximate surface area is 118 Å². The molecule has 1 aromatic carbocycles. The lowest BCUT2D eigenvalue weighted by molar-refractivity contribution is 0.0600. The number of rotatable bonds is 5. The van der Waals surface area contributed by atoms with Crippen LogP contribution in [0.2, 0.25) is 0 Å². The third kappa shape index (κ3) is 3.13. The summed E-state index contributed by atoms with van der Waals surface area (Å²) in [5.74, 6) is 1.63. The van der Waals surface area contributed by atoms with Crippen molar-refractivity contribution in [2.45, 2.75) is 27.2 Å². The molecular formula is C16H20O4. The van der Waals surface area contributed by atoms with Crippen molar-refractivity contribution in [1.82, 2.24) is 0 Å². The number of carbonyl (C=O) groups is 1. The van der Waals surface area contributed by atoms with Crippen molar-refractivity contribution in [1.29, 1.82) is 0 Å². The molecule has 0 fully saturated rings. The van der Waals surface area contributed by atoms with Crippen molar-refractivity contribution in [2.24, 2.45) is 5.92 Å². The van der Waals surface area contributed by atoms with Crippen molar-refractivity contribution < 1.29 is 18.7 Å². The van der Waals surface area contributed by atoms with Gasteiger partial charge in [0, 0.05) is 0 Å². The van der Waals surface area contributed by atoms with Gasteiger partial charge in [-0.1, -0.05) is 13.8 Å². The number of hydrogen-bond donors (Lipinski definition) is 0. The molecule has 2 aromatic rings. The summed E-state index contributed by atoms with van der Waals surface area (Å²) < 4.78 is 16.1. The fourth-order valence-electron chi connectivity index (χ4n) is 1.99. The first-order valence-corrected chi connectivity index (χ1v) is 6.76. The lowest BCUT2D eigenvalue weighted by Gasteiger charge is -2.10. The van der Waals surface area contributed by atoms with E-state index in [0.29, 0.717) is 29.4 Å². The Balaban J connectivity index is 2.36. The van der Waals surface area contributed by atoms with Gasteiger partial charge < -0.3 is 13.9 Å². The molecule has 1 aromatic heterocycles. The van der Waals surface area contributed by atoms with Crippen LogP contribution in [0.1, 0.15) is 36.4 Å². The number of furan rings is 1. The van der Waals surface area contributed by atoms with E-state index in [0.717, 1.165) is 17.6 Å². The molecule has 2 rings (SSSR count). The minimum absolute atomic E-state index is 0.394. The van der Waals surface area contributed by atoms with Gasteiger partial charge in [-0.15, -0.1) is 0 Å². The third-order valence-electron chi connectivity index (χ3n) is 3.10. The first kappa shape index (κ1) is 14.4. The van der Waals surface area contributed by atoms with Crippen LogP contribution in [0.25, 0.3) is 11.0 Å². The second-order valence-corrected chi connectivity index (χ2v) is 5.27. The topological polar surface area (TPSA) is 48.7 Å². The first-order valence-electron chi connectivity index (χ1n) is 6.76. The van der Waals surface area contributed by atoms with Crippen molar-refractivity contribution >= 4 is 16.9 Å². The normalized spacial score (nSPS) is 11.1. The zero-order valence-electron chi connectivity index (χ0n) is 12.4. The number of benzene rings is 1. The highest BCUT2D eigenvalue weighted by molar-refractivity contribution is 5.96. The van der Waals surface area contributed by atoms with Gasteiger partial charge in [0.1, 0.15) is 17.1 Å². The summed E-state index contributed by atoms with van der Waals surface area (Å²) in [6.45, 7) is 6.77. The van der Waals surface area contributed by atoms with E-state index < -0.39 is 5.97 Å². The maximum atomic E-state index is 11.7. The first-order chi connectivity index (χ1) is 9.51. The number of fused-ring (bicyclic) bond motifs is 1. The summed E-state index contributed by atoms with van der Waals surface area (Å²) >= 11 is 0. The van der Waals surface area contributed by atoms with E-state index in [-0.39, 0.29) is 0 Å². The molecule has 0 unspecified atom stereocenters. The zero-order chi connectivity index (χ0) is 14.7. The van der Waals surface area contributed by atoms with E-state index in [1.165, 1.54) is 7.11 Å². The molecule has 0 aliphatic heterocycles. The van der Waals surface area contributed by atoms with Crippen molar-refractivity contribution in [3.05, 3.63) is 29.5 Å². The van der Waals surface area contributed by atoms with Gasteiger partial charge in [-0.3, -0.25) is 0 Å². The van der Waals surface area contributed by atoms with E-state index >= 15 is 0 Å². The van der Waals surface area contributed by atoms with E-state index in [1.54, 1.807) is 12.1 Å². The lowest BCUT2D eigenvalue weighted by Crippen LogP contribution is -2.04. The van der Waals surface area contributed by atoms with Gasteiger partial charge in [-0.2, -0.15) is 0 Å². The second-order valence-electron chi connectivity index (χ2n) is 5.27. The zero-order valence-corrected chi connectivity index (χ0v) is 12.4. The van der Waals surface area contributed by atoms with Gasteiger partial charge >= 0.3 is 5.97 Å². The largest absolute Gasteiger partial charge is 0.493 e. The van der Waals surface area contributed by atoms with Crippen LogP contribution in [0.15, 0.2) is 22.6 Å². The van der Waals surface area contributed by atoms with Crippen LogP contribution >= 0.6 is 0 Å². The van der Waals surface area contributed by atoms with Gasteiger partial charge in [0.05, 0.1) is 24.7 Å². The Kier molecular flexibility index (Phi) is 4.32. The molecule has 0 N–H and O–H groups in total. The summed E-state index contributed by atoms with van der Waals surface area (Å²) in [4.78, 5) is 11.7. The summed E-state index contributed by atoms with van der Waals surface area (Å²) in [5.41, 5.74) is 1.08. The van der Waals surface area contributed by atoms with Gasteiger partial charge in [-0.05, 0) is 37.5 Å². The molecule has 20 heavy (non-hydrogen) atoms. The second kappa shape index (κ2) is 5.99. The van der Waals surface area contributed by atoms with Crippen LogP contribution in [-0.4, -0.2) is 19.7 Å². The highest BCUT2D eigenvalue weighted by atomic mass is 16.5. The average molecular weight is 276 g/mol. The van der Waals surface area contributed by atoms with E-state index in [1.807, 2.05) is 13.0 Å². The molecule has 1 heterocycles. The molecule has 4 nitrogen and oxygen atoms in total. The maximum Gasteiger partial charge on any atom is 0.338 e. The number of esters is 1. The van der Waals surface area contributed by atoms with E-state index in [2.05, 4.69) is 13.8 Å². The highest BCUT2D eigenvalue weighted by Gasteiger charge is 2.14. The molecule has 108 valence electrons. The predicted octanol–water partition coefficient (Wildman–Crippen LogP) is 3.95. The minimum atomic E-state index is -0.394. The molecular weight excluding hydrogens is 256 g/mol. The third-order valence-corrected chi connectivity index (χ3v) is 3.10. The molecule has 0 aliphatic rings. The Morgan fingerprint density at radius 1 is 1.30 bits per heavy atom. The van der Waals surface area contributed by atoms with Crippen LogP contribution in [0.3, 0.4) is 0 Å². The molecule has 4 heteroatoms. The molecule has 0 radical (unpaired) electrons. The van der Waals surface area contributed by atoms with Crippen LogP contribution < -0.4 is 4.74 Å². The quantitative estimate of drug-likeness (QED) is 0.776. The van der Waals surface area contributed by atoms with Gasteiger partial charge in [0.2, 0.25) is 0 Å². The molecule has 0 saturated heterocycles. The Hall–Kier alpha value is -1.97. The highest BCUT2D eigenvalue weighted by Crippen LogP contribution is 2.31. The van der Waals surface area contributed by atoms with Crippen LogP contribution in [-0.2, 0) is 4.74 Å². The van der Waals surface area contributed by atoms with E-state index in [4.69, 9.17) is 13.9 Å². The number of aryl methyl sites for hydroxylation is 1. The molecule has 0 bridgehead atoms. The number of ether oxygens (including phenoxy) is 2. The standard InChI is InChI=1S/C16H20O4/c1-10(2)5-6-19-14-8-12(16(17)18-4)9-15-13(14)7-11(3)20-15/h7-10H,5-6H2,1-4H3. The molecule has 0 amide bonds. The van der Waals surface area contributed by atoms with Crippen LogP contribution in [0.5, 0.6) is 5.75 Å². The fraction of sp³-hybridized carbons (Fsp3) is 0.438. The summed E-state index contributed by atoms with van der Waals surface area (Å²) in [7, 11) is 1.36. The van der Waals surface area contributed by atoms with Crippen molar-refractivity contribution in [3.63, 3.8) is 0 Å². The molecule has 0 saturated carbocycles. The summed E-state index contributed by atoms with van der Waals surface area (Å²) in [6.07, 6.45) is 0.959. The van der Waals surface area contributed by atoms with Crippen LogP contribution in [0, 0.1) is 12.8 Å². The summed E-state index contributed by atoms with van der Waals surface area (Å²) in [6, 6.07) is 5.31. The van der Waals surface area contributed by atoms with Gasteiger partial charge in [0.25, 0.3) is 0 Å². The Morgan fingerprint density at radius 3 is 2.70 bits per heavy atom. The minimum Gasteiger partial charge on any atom is -0.493 e. The molecule has 0 spiro atoms. The van der Waals surface area contributed by atoms with Gasteiger partial charge in [0.15, 0.2) is 0 Å². The average Bonchev–Trinajstić information content (AvgIpc) is 2.77. The van der Waals surface area contributed by atoms with Crippen molar-refractivity contribution in [2.75, 3.05) is 13.7 Å². The lowest BCUT2D eigenvalue weighted by atomic mass is 10.1. The number of methoxy groups -OCH3 is 1. The van der Waals surface area contributed by atoms with Crippen molar-refractivity contribution in [3.8, 4) is 5.75 Å². The SMILES string of the molecule is COC(=O)c1cc(OCCC(C)C)c2cc(C)oc2c1. The summed E-state index contributed by atoms with van der Waals surface area (Å²) in [5, 5.41) is 0.888. The fourth-order valence-corrected chi connectivity index (χ4v) is 1.99. The number of carbonyl (C=O) groups excluding carboxylic acids is 1. The smallest absolute Gasteiger partial charge is 0.338 e. The monoisotopic (exact) mass is 276 g/mol. The van der Waals surface area contributed by atoms with Crippen LogP contribution in [0.4, 0.5) is 0 Å². The Bertz CT molecular complexity index is 610. The predicted molar refractivity (Wildman–Crippen MR) is 77.2 cm³/mol.